The summed E-state index contributed by atoms with van der Waals surface area (Å²) in [6.45, 7) is 13.1. The van der Waals surface area contributed by atoms with Crippen molar-refractivity contribution in [3.63, 3.8) is 0 Å². The average molecular weight is 423 g/mol. The van der Waals surface area contributed by atoms with Gasteiger partial charge in [-0.05, 0) is 86.5 Å². The second kappa shape index (κ2) is 10.5. The summed E-state index contributed by atoms with van der Waals surface area (Å²) in [5.41, 5.74) is 5.29. The van der Waals surface area contributed by atoms with Gasteiger partial charge in [0.25, 0.3) is 0 Å². The van der Waals surface area contributed by atoms with Crippen LogP contribution in [0.4, 0.5) is 10.5 Å². The van der Waals surface area contributed by atoms with Gasteiger partial charge in [0.2, 0.25) is 0 Å². The molecule has 1 aromatic rings. The second-order valence-electron chi connectivity index (χ2n) is 7.73. The number of amides is 2. The number of hydrogen-bond donors (Lipinski definition) is 2. The van der Waals surface area contributed by atoms with Crippen LogP contribution in [0, 0.1) is 11.3 Å². The van der Waals surface area contributed by atoms with E-state index in [1.54, 1.807) is 12.2 Å². The smallest absolute Gasteiger partial charge is 0.306 e. The number of piperidine rings is 1. The van der Waals surface area contributed by atoms with Crippen molar-refractivity contribution in [2.45, 2.75) is 44.3 Å². The Labute approximate surface area is 184 Å². The molecule has 1 fully saturated rings. The van der Waals surface area contributed by atoms with Crippen molar-refractivity contribution >= 4 is 29.2 Å². The van der Waals surface area contributed by atoms with E-state index in [2.05, 4.69) is 47.2 Å². The molecule has 0 spiro atoms. The molecule has 1 aliphatic carbocycles. The lowest BCUT2D eigenvalue weighted by Gasteiger charge is -2.30. The van der Waals surface area contributed by atoms with Crippen LogP contribution < -0.4 is 10.0 Å². The van der Waals surface area contributed by atoms with Crippen molar-refractivity contribution in [2.24, 2.45) is 0 Å². The normalized spacial score (nSPS) is 17.1. The third-order valence-corrected chi connectivity index (χ3v) is 6.93. The Morgan fingerprint density at radius 2 is 2.13 bits per heavy atom. The van der Waals surface area contributed by atoms with E-state index in [0.717, 1.165) is 68.6 Å². The summed E-state index contributed by atoms with van der Waals surface area (Å²) in [4.78, 5) is 15.2. The molecule has 0 bridgehead atoms. The molecular formula is C24H30N4OS. The van der Waals surface area contributed by atoms with Crippen molar-refractivity contribution < 1.29 is 4.79 Å². The van der Waals surface area contributed by atoms with Crippen LogP contribution in [0.1, 0.15) is 42.9 Å². The molecule has 3 rings (SSSR count). The Balaban J connectivity index is 1.74. The monoisotopic (exact) mass is 422 g/mol. The van der Waals surface area contributed by atoms with Crippen LogP contribution >= 0.6 is 11.9 Å². The van der Waals surface area contributed by atoms with E-state index in [4.69, 9.17) is 5.26 Å². The van der Waals surface area contributed by atoms with Gasteiger partial charge in [0.15, 0.2) is 0 Å². The zero-order valence-corrected chi connectivity index (χ0v) is 18.5. The number of aryl methyl sites for hydroxylation is 1. The Bertz CT molecular complexity index is 891. The number of rotatable bonds is 7. The number of nitriles is 1. The predicted octanol–water partition coefficient (Wildman–Crippen LogP) is 5.08. The fourth-order valence-electron chi connectivity index (χ4n) is 4.14. The molecule has 1 saturated heterocycles. The molecule has 1 aromatic carbocycles. The highest BCUT2D eigenvalue weighted by Crippen LogP contribution is 2.36. The number of fused-ring (bicyclic) bond motifs is 1. The number of carbonyl (C=O) groups is 1. The molecular weight excluding hydrogens is 392 g/mol. The van der Waals surface area contributed by atoms with Crippen LogP contribution in [0.15, 0.2) is 43.0 Å². The van der Waals surface area contributed by atoms with Crippen LogP contribution in [0.2, 0.25) is 0 Å². The lowest BCUT2D eigenvalue weighted by atomic mass is 9.96. The van der Waals surface area contributed by atoms with Crippen molar-refractivity contribution in [2.75, 3.05) is 25.0 Å². The van der Waals surface area contributed by atoms with Gasteiger partial charge in [-0.25, -0.2) is 4.79 Å². The van der Waals surface area contributed by atoms with E-state index in [0.29, 0.717) is 10.8 Å². The first-order valence-corrected chi connectivity index (χ1v) is 11.5. The number of urea groups is 1. The first-order valence-electron chi connectivity index (χ1n) is 10.6. The number of carbonyl (C=O) groups excluding carboxylic acids is 1. The fourth-order valence-corrected chi connectivity index (χ4v) is 4.91. The maximum absolute atomic E-state index is 12.7. The van der Waals surface area contributed by atoms with Gasteiger partial charge >= 0.3 is 6.03 Å². The molecule has 2 aliphatic rings. The maximum atomic E-state index is 12.7. The number of anilines is 1. The van der Waals surface area contributed by atoms with Gasteiger partial charge < -0.3 is 10.2 Å². The maximum Gasteiger partial charge on any atom is 0.329 e. The Hall–Kier alpha value is -2.49. The number of benzene rings is 1. The van der Waals surface area contributed by atoms with Gasteiger partial charge in [-0.1, -0.05) is 38.3 Å². The Kier molecular flexibility index (Phi) is 7.78. The molecule has 5 nitrogen and oxygen atoms in total. The van der Waals surface area contributed by atoms with Crippen molar-refractivity contribution in [3.8, 4) is 6.07 Å². The molecule has 2 N–H and O–H groups in total. The predicted molar refractivity (Wildman–Crippen MR) is 126 cm³/mol. The Morgan fingerprint density at radius 3 is 2.80 bits per heavy atom. The zero-order chi connectivity index (χ0) is 21.5. The molecule has 30 heavy (non-hydrogen) atoms. The summed E-state index contributed by atoms with van der Waals surface area (Å²) < 4.78 is 2.99. The van der Waals surface area contributed by atoms with Crippen molar-refractivity contribution in [3.05, 3.63) is 59.7 Å². The number of likely N-dealkylation sites (tertiary alicyclic amines) is 1. The molecule has 0 unspecified atom stereocenters. The summed E-state index contributed by atoms with van der Waals surface area (Å²) in [5, 5.41) is 12.6. The number of nitrogens with one attached hydrogen (secondary N) is 2. The highest BCUT2D eigenvalue weighted by Gasteiger charge is 2.22. The zero-order valence-electron chi connectivity index (χ0n) is 17.7. The van der Waals surface area contributed by atoms with Gasteiger partial charge in [-0.2, -0.15) is 5.26 Å². The van der Waals surface area contributed by atoms with E-state index in [-0.39, 0.29) is 6.03 Å². The number of nitrogens with zero attached hydrogens (tertiary/aromatic N) is 2. The van der Waals surface area contributed by atoms with Crippen LogP contribution in [-0.4, -0.2) is 35.8 Å². The standard InChI is InChI=1S/C24H30N4OS/c1-4-18(15-17(3)16-25)22-10-9-19-7-6-8-21(19)23(22)26-24(29)27-30-20-11-13-28(5-2)14-12-20/h4,9-10,15,20H,1,3,5-8,11-14H2,2H3,(H2,26,27,29)/b18-15+. The summed E-state index contributed by atoms with van der Waals surface area (Å²) >= 11 is 1.52. The topological polar surface area (TPSA) is 68.2 Å². The van der Waals surface area contributed by atoms with Crippen LogP contribution in [0.3, 0.4) is 0 Å². The fraction of sp³-hybridized carbons (Fsp3) is 0.417. The van der Waals surface area contributed by atoms with Crippen LogP contribution in [-0.2, 0) is 12.8 Å². The van der Waals surface area contributed by atoms with Gasteiger partial charge in [-0.3, -0.25) is 4.72 Å². The molecule has 1 heterocycles. The van der Waals surface area contributed by atoms with Gasteiger partial charge in [0.1, 0.15) is 0 Å². The summed E-state index contributed by atoms with van der Waals surface area (Å²) in [7, 11) is 0. The van der Waals surface area contributed by atoms with Gasteiger partial charge in [-0.15, -0.1) is 0 Å². The minimum absolute atomic E-state index is 0.206. The van der Waals surface area contributed by atoms with E-state index >= 15 is 0 Å². The van der Waals surface area contributed by atoms with Crippen molar-refractivity contribution in [1.82, 2.24) is 9.62 Å². The highest BCUT2D eigenvalue weighted by atomic mass is 32.2. The number of allylic oxidation sites excluding steroid dienone is 4. The molecule has 1 aliphatic heterocycles. The molecule has 6 heteroatoms. The first-order chi connectivity index (χ1) is 14.5. The first kappa shape index (κ1) is 22.2. The van der Waals surface area contributed by atoms with Crippen LogP contribution in [0.5, 0.6) is 0 Å². The van der Waals surface area contributed by atoms with E-state index in [1.807, 2.05) is 6.07 Å². The third kappa shape index (κ3) is 5.35. The van der Waals surface area contributed by atoms with E-state index in [9.17, 15) is 4.79 Å². The summed E-state index contributed by atoms with van der Waals surface area (Å²) in [6.07, 6.45) is 8.63. The summed E-state index contributed by atoms with van der Waals surface area (Å²) in [5.74, 6) is 0. The van der Waals surface area contributed by atoms with E-state index < -0.39 is 0 Å². The van der Waals surface area contributed by atoms with Crippen molar-refractivity contribution in [1.29, 1.82) is 5.26 Å². The quantitative estimate of drug-likeness (QED) is 0.365. The molecule has 0 aromatic heterocycles. The molecule has 0 saturated carbocycles. The lowest BCUT2D eigenvalue weighted by molar-refractivity contribution is 0.243. The van der Waals surface area contributed by atoms with Crippen LogP contribution in [0.25, 0.3) is 5.57 Å². The number of hydrogen-bond acceptors (Lipinski definition) is 4. The molecule has 0 radical (unpaired) electrons. The van der Waals surface area contributed by atoms with Gasteiger partial charge in [0.05, 0.1) is 11.8 Å². The highest BCUT2D eigenvalue weighted by molar-refractivity contribution is 7.98. The molecule has 0 atom stereocenters. The van der Waals surface area contributed by atoms with E-state index in [1.165, 1.54) is 23.1 Å². The minimum Gasteiger partial charge on any atom is -0.306 e. The average Bonchev–Trinajstić information content (AvgIpc) is 3.26. The Morgan fingerprint density at radius 1 is 1.37 bits per heavy atom. The second-order valence-corrected chi connectivity index (χ2v) is 8.83. The molecule has 2 amide bonds. The minimum atomic E-state index is -0.206. The molecule has 158 valence electrons. The third-order valence-electron chi connectivity index (χ3n) is 5.83. The largest absolute Gasteiger partial charge is 0.329 e. The SMILES string of the molecule is C=C/C(=C\C(=C)C#N)c1ccc2c(c1NC(=O)NSC1CCN(CC)CC1)CCC2. The lowest BCUT2D eigenvalue weighted by Crippen LogP contribution is -2.36. The van der Waals surface area contributed by atoms with Gasteiger partial charge in [0, 0.05) is 16.4 Å². The summed E-state index contributed by atoms with van der Waals surface area (Å²) in [6, 6.07) is 5.96.